The molecule has 0 aliphatic heterocycles. The summed E-state index contributed by atoms with van der Waals surface area (Å²) in [6.45, 7) is 0. The van der Waals surface area contributed by atoms with E-state index in [1.54, 1.807) is 11.3 Å². The maximum absolute atomic E-state index is 4.91. The number of rotatable bonds is 2. The van der Waals surface area contributed by atoms with Crippen molar-refractivity contribution in [3.05, 3.63) is 54.4 Å². The fourth-order valence-corrected chi connectivity index (χ4v) is 4.16. The molecule has 0 spiro atoms. The zero-order chi connectivity index (χ0) is 17.0. The summed E-state index contributed by atoms with van der Waals surface area (Å²) >= 11 is 1.66. The van der Waals surface area contributed by atoms with Gasteiger partial charge in [0, 0.05) is 66.2 Å². The van der Waals surface area contributed by atoms with E-state index in [1.165, 1.54) is 0 Å². The Labute approximate surface area is 148 Å². The minimum absolute atomic E-state index is 0.974. The van der Waals surface area contributed by atoms with Gasteiger partial charge in [-0.1, -0.05) is 0 Å². The van der Waals surface area contributed by atoms with Crippen LogP contribution in [-0.2, 0) is 14.1 Å². The molecule has 0 aliphatic carbocycles. The van der Waals surface area contributed by atoms with Crippen LogP contribution in [0.25, 0.3) is 43.9 Å². The third kappa shape index (κ3) is 2.11. The van der Waals surface area contributed by atoms with E-state index in [2.05, 4.69) is 39.9 Å². The van der Waals surface area contributed by atoms with Crippen molar-refractivity contribution in [3.8, 4) is 21.8 Å². The van der Waals surface area contributed by atoms with Crippen molar-refractivity contribution in [3.63, 3.8) is 0 Å². The van der Waals surface area contributed by atoms with Crippen LogP contribution in [0.1, 0.15) is 0 Å². The van der Waals surface area contributed by atoms with Gasteiger partial charge in [0.05, 0.1) is 5.69 Å². The van der Waals surface area contributed by atoms with E-state index < -0.39 is 0 Å². The average Bonchev–Trinajstić information content (AvgIpc) is 3.33. The van der Waals surface area contributed by atoms with Gasteiger partial charge in [-0.15, -0.1) is 11.3 Å². The van der Waals surface area contributed by atoms with Crippen LogP contribution in [-0.4, -0.2) is 24.1 Å². The van der Waals surface area contributed by atoms with Gasteiger partial charge in [-0.3, -0.25) is 0 Å². The lowest BCUT2D eigenvalue weighted by Gasteiger charge is -1.94. The van der Waals surface area contributed by atoms with Crippen molar-refractivity contribution in [1.82, 2.24) is 24.1 Å². The molecule has 0 saturated heterocycles. The molecular formula is C19H15N5S. The lowest BCUT2D eigenvalue weighted by molar-refractivity contribution is 0.948. The van der Waals surface area contributed by atoms with Crippen molar-refractivity contribution >= 4 is 33.4 Å². The van der Waals surface area contributed by atoms with Gasteiger partial charge in [-0.05, 0) is 24.3 Å². The Morgan fingerprint density at radius 1 is 0.840 bits per heavy atom. The maximum atomic E-state index is 4.91. The second-order valence-corrected chi connectivity index (χ2v) is 6.95. The Bertz CT molecular complexity index is 1130. The topological polar surface area (TPSA) is 48.5 Å². The van der Waals surface area contributed by atoms with Crippen molar-refractivity contribution < 1.29 is 0 Å². The van der Waals surface area contributed by atoms with E-state index in [9.17, 15) is 0 Å². The van der Waals surface area contributed by atoms with Gasteiger partial charge in [-0.2, -0.15) is 0 Å². The highest BCUT2D eigenvalue weighted by Crippen LogP contribution is 2.36. The highest BCUT2D eigenvalue weighted by atomic mass is 32.1. The molecule has 0 fully saturated rings. The van der Waals surface area contributed by atoms with Crippen LogP contribution < -0.4 is 0 Å². The number of aromatic nitrogens is 5. The van der Waals surface area contributed by atoms with Gasteiger partial charge in [0.1, 0.15) is 16.3 Å². The standard InChI is InChI=1S/C19H15N5S/c1-23-9-14(12-5-3-7-20-17(12)23)16-11-25-19(22-16)15-10-24(2)18-13(15)6-4-8-21-18/h3-11H,1-2H3. The van der Waals surface area contributed by atoms with Crippen molar-refractivity contribution in [2.75, 3.05) is 0 Å². The minimum Gasteiger partial charge on any atom is -0.335 e. The van der Waals surface area contributed by atoms with Crippen molar-refractivity contribution in [2.24, 2.45) is 14.1 Å². The summed E-state index contributed by atoms with van der Waals surface area (Å²) in [4.78, 5) is 13.8. The van der Waals surface area contributed by atoms with Crippen LogP contribution in [0.4, 0.5) is 0 Å². The van der Waals surface area contributed by atoms with Crippen molar-refractivity contribution in [2.45, 2.75) is 0 Å². The first-order valence-corrected chi connectivity index (χ1v) is 8.87. The second kappa shape index (κ2) is 5.26. The van der Waals surface area contributed by atoms with Gasteiger partial charge in [0.2, 0.25) is 0 Å². The predicted octanol–water partition coefficient (Wildman–Crippen LogP) is 4.25. The molecule has 0 aromatic carbocycles. The molecule has 0 N–H and O–H groups in total. The Kier molecular flexibility index (Phi) is 3.02. The highest BCUT2D eigenvalue weighted by Gasteiger charge is 2.16. The number of nitrogens with zero attached hydrogens (tertiary/aromatic N) is 5. The van der Waals surface area contributed by atoms with Crippen LogP contribution in [0.5, 0.6) is 0 Å². The van der Waals surface area contributed by atoms with E-state index in [0.29, 0.717) is 0 Å². The smallest absolute Gasteiger partial charge is 0.140 e. The summed E-state index contributed by atoms with van der Waals surface area (Å²) in [6, 6.07) is 8.13. The monoisotopic (exact) mass is 345 g/mol. The first kappa shape index (κ1) is 14.4. The molecule has 0 radical (unpaired) electrons. The quantitative estimate of drug-likeness (QED) is 0.480. The second-order valence-electron chi connectivity index (χ2n) is 6.09. The SMILES string of the molecule is Cn1cc(-c2csc(-c3cn(C)c4ncccc34)n2)c2cccnc21. The van der Waals surface area contributed by atoms with E-state index in [0.717, 1.165) is 43.9 Å². The Morgan fingerprint density at radius 2 is 1.44 bits per heavy atom. The molecule has 0 atom stereocenters. The number of pyridine rings is 2. The molecule has 6 heteroatoms. The van der Waals surface area contributed by atoms with Crippen LogP contribution in [0.15, 0.2) is 54.4 Å². The third-order valence-corrected chi connectivity index (χ3v) is 5.35. The molecule has 0 unspecified atom stereocenters. The van der Waals surface area contributed by atoms with Gasteiger partial charge < -0.3 is 9.13 Å². The summed E-state index contributed by atoms with van der Waals surface area (Å²) in [6.07, 6.45) is 7.84. The van der Waals surface area contributed by atoms with E-state index in [4.69, 9.17) is 4.98 Å². The lowest BCUT2D eigenvalue weighted by Crippen LogP contribution is -1.85. The molecule has 5 aromatic rings. The first-order valence-electron chi connectivity index (χ1n) is 7.99. The minimum atomic E-state index is 0.974. The molecule has 0 aliphatic rings. The predicted molar refractivity (Wildman–Crippen MR) is 102 cm³/mol. The van der Waals surface area contributed by atoms with Crippen LogP contribution >= 0.6 is 11.3 Å². The number of thiazole rings is 1. The Balaban J connectivity index is 1.68. The fraction of sp³-hybridized carbons (Fsp3) is 0.105. The number of fused-ring (bicyclic) bond motifs is 2. The van der Waals surface area contributed by atoms with E-state index in [-0.39, 0.29) is 0 Å². The summed E-state index contributed by atoms with van der Waals surface area (Å²) < 4.78 is 4.10. The molecule has 122 valence electrons. The summed E-state index contributed by atoms with van der Waals surface area (Å²) in [5.74, 6) is 0. The fourth-order valence-electron chi connectivity index (χ4n) is 3.32. The largest absolute Gasteiger partial charge is 0.335 e. The number of aryl methyl sites for hydroxylation is 2. The zero-order valence-corrected chi connectivity index (χ0v) is 14.7. The van der Waals surface area contributed by atoms with E-state index >= 15 is 0 Å². The summed E-state index contributed by atoms with van der Waals surface area (Å²) in [5, 5.41) is 5.38. The average molecular weight is 345 g/mol. The molecule has 5 rings (SSSR count). The van der Waals surface area contributed by atoms with Gasteiger partial charge in [0.25, 0.3) is 0 Å². The molecule has 0 amide bonds. The maximum Gasteiger partial charge on any atom is 0.140 e. The first-order chi connectivity index (χ1) is 12.2. The summed E-state index contributed by atoms with van der Waals surface area (Å²) in [7, 11) is 4.03. The molecule has 5 nitrogen and oxygen atoms in total. The lowest BCUT2D eigenvalue weighted by atomic mass is 10.2. The van der Waals surface area contributed by atoms with E-state index in [1.807, 2.05) is 47.8 Å². The summed E-state index contributed by atoms with van der Waals surface area (Å²) in [5.41, 5.74) is 5.18. The number of hydrogen-bond donors (Lipinski definition) is 0. The molecular weight excluding hydrogens is 330 g/mol. The van der Waals surface area contributed by atoms with Crippen molar-refractivity contribution in [1.29, 1.82) is 0 Å². The molecule has 0 bridgehead atoms. The Morgan fingerprint density at radius 3 is 2.12 bits per heavy atom. The zero-order valence-electron chi connectivity index (χ0n) is 13.8. The van der Waals surface area contributed by atoms with Gasteiger partial charge in [0.15, 0.2) is 0 Å². The van der Waals surface area contributed by atoms with Crippen LogP contribution in [0.2, 0.25) is 0 Å². The van der Waals surface area contributed by atoms with Gasteiger partial charge in [-0.25, -0.2) is 15.0 Å². The highest BCUT2D eigenvalue weighted by molar-refractivity contribution is 7.13. The number of hydrogen-bond acceptors (Lipinski definition) is 4. The molecule has 0 saturated carbocycles. The Hall–Kier alpha value is -2.99. The van der Waals surface area contributed by atoms with Crippen LogP contribution in [0, 0.1) is 0 Å². The molecule has 5 aromatic heterocycles. The van der Waals surface area contributed by atoms with Crippen LogP contribution in [0.3, 0.4) is 0 Å². The van der Waals surface area contributed by atoms with Gasteiger partial charge >= 0.3 is 0 Å². The normalized spacial score (nSPS) is 11.6. The third-order valence-electron chi connectivity index (χ3n) is 4.48. The molecule has 5 heterocycles. The molecule has 25 heavy (non-hydrogen) atoms.